The Morgan fingerprint density at radius 2 is 2.06 bits per heavy atom. The molecule has 3 atom stereocenters. The molecule has 1 aromatic carbocycles. The summed E-state index contributed by atoms with van der Waals surface area (Å²) in [5.74, 6) is 0.634. The summed E-state index contributed by atoms with van der Waals surface area (Å²) in [6, 6.07) is 9.22. The minimum Gasteiger partial charge on any atom is -0.488 e. The van der Waals surface area contributed by atoms with Gasteiger partial charge in [0.1, 0.15) is 18.0 Å². The minimum atomic E-state index is -0.640. The van der Waals surface area contributed by atoms with Gasteiger partial charge in [-0.2, -0.15) is 0 Å². The van der Waals surface area contributed by atoms with Crippen LogP contribution in [-0.4, -0.2) is 29.3 Å². The molecule has 0 heterocycles. The van der Waals surface area contributed by atoms with Crippen LogP contribution in [0.1, 0.15) is 19.8 Å². The molecule has 1 aliphatic rings. The van der Waals surface area contributed by atoms with Gasteiger partial charge in [0.05, 0.1) is 6.04 Å². The first-order valence-corrected chi connectivity index (χ1v) is 5.83. The SMILES string of the molecule is CC(=O)N[C@@H]1CC[C@@H](Oc2ccccc2)[C@@H]1O. The molecule has 2 N–H and O–H groups in total. The average Bonchev–Trinajstić information content (AvgIpc) is 2.62. The lowest BCUT2D eigenvalue weighted by atomic mass is 10.2. The third-order valence-electron chi connectivity index (χ3n) is 2.97. The molecular formula is C13H17NO3. The van der Waals surface area contributed by atoms with Gasteiger partial charge in [0.25, 0.3) is 0 Å². The van der Waals surface area contributed by atoms with E-state index in [4.69, 9.17) is 4.74 Å². The van der Waals surface area contributed by atoms with Gasteiger partial charge in [-0.1, -0.05) is 18.2 Å². The van der Waals surface area contributed by atoms with Crippen molar-refractivity contribution in [3.63, 3.8) is 0 Å². The number of rotatable bonds is 3. The number of aliphatic hydroxyl groups is 1. The molecule has 0 bridgehead atoms. The molecule has 4 nitrogen and oxygen atoms in total. The number of aliphatic hydroxyl groups excluding tert-OH is 1. The Kier molecular flexibility index (Phi) is 3.64. The van der Waals surface area contributed by atoms with Gasteiger partial charge in [-0.05, 0) is 25.0 Å². The number of carbonyl (C=O) groups excluding carboxylic acids is 1. The van der Waals surface area contributed by atoms with Crippen molar-refractivity contribution in [2.24, 2.45) is 0 Å². The van der Waals surface area contributed by atoms with Crippen molar-refractivity contribution in [2.75, 3.05) is 0 Å². The van der Waals surface area contributed by atoms with Gasteiger partial charge >= 0.3 is 0 Å². The maximum Gasteiger partial charge on any atom is 0.217 e. The van der Waals surface area contributed by atoms with E-state index in [9.17, 15) is 9.90 Å². The molecule has 0 aliphatic heterocycles. The second kappa shape index (κ2) is 5.19. The van der Waals surface area contributed by atoms with Crippen LogP contribution in [0, 0.1) is 0 Å². The van der Waals surface area contributed by atoms with E-state index in [1.807, 2.05) is 30.3 Å². The van der Waals surface area contributed by atoms with E-state index in [1.165, 1.54) is 6.92 Å². The van der Waals surface area contributed by atoms with Crippen LogP contribution in [0.4, 0.5) is 0 Å². The number of nitrogens with one attached hydrogen (secondary N) is 1. The number of amides is 1. The highest BCUT2D eigenvalue weighted by Crippen LogP contribution is 2.25. The summed E-state index contributed by atoms with van der Waals surface area (Å²) < 4.78 is 5.70. The van der Waals surface area contributed by atoms with Crippen molar-refractivity contribution < 1.29 is 14.6 Å². The molecule has 0 unspecified atom stereocenters. The molecule has 1 saturated carbocycles. The van der Waals surface area contributed by atoms with Crippen LogP contribution in [0.25, 0.3) is 0 Å². The fourth-order valence-corrected chi connectivity index (χ4v) is 2.17. The Morgan fingerprint density at radius 3 is 2.71 bits per heavy atom. The van der Waals surface area contributed by atoms with Crippen LogP contribution >= 0.6 is 0 Å². The fourth-order valence-electron chi connectivity index (χ4n) is 2.17. The van der Waals surface area contributed by atoms with Crippen LogP contribution in [0.5, 0.6) is 5.75 Å². The summed E-state index contributed by atoms with van der Waals surface area (Å²) in [6.45, 7) is 1.46. The van der Waals surface area contributed by atoms with Crippen LogP contribution < -0.4 is 10.1 Å². The molecule has 4 heteroatoms. The largest absolute Gasteiger partial charge is 0.488 e. The lowest BCUT2D eigenvalue weighted by Gasteiger charge is -2.21. The second-order valence-corrected chi connectivity index (χ2v) is 4.34. The van der Waals surface area contributed by atoms with Crippen LogP contribution in [0.2, 0.25) is 0 Å². The zero-order valence-electron chi connectivity index (χ0n) is 9.80. The first-order chi connectivity index (χ1) is 8.16. The number of para-hydroxylation sites is 1. The Balaban J connectivity index is 1.94. The quantitative estimate of drug-likeness (QED) is 0.824. The van der Waals surface area contributed by atoms with Gasteiger partial charge in [0.15, 0.2) is 0 Å². The molecule has 0 radical (unpaired) electrons. The Morgan fingerprint density at radius 1 is 1.35 bits per heavy atom. The van der Waals surface area contributed by atoms with Crippen LogP contribution in [0.3, 0.4) is 0 Å². The average molecular weight is 235 g/mol. The monoisotopic (exact) mass is 235 g/mol. The van der Waals surface area contributed by atoms with Crippen molar-refractivity contribution >= 4 is 5.91 Å². The van der Waals surface area contributed by atoms with E-state index in [1.54, 1.807) is 0 Å². The highest BCUT2D eigenvalue weighted by Gasteiger charge is 2.36. The van der Waals surface area contributed by atoms with Crippen molar-refractivity contribution in [3.05, 3.63) is 30.3 Å². The molecule has 92 valence electrons. The summed E-state index contributed by atoms with van der Waals surface area (Å²) >= 11 is 0. The summed E-state index contributed by atoms with van der Waals surface area (Å²) in [6.07, 6.45) is 0.618. The standard InChI is InChI=1S/C13H17NO3/c1-9(15)14-11-7-8-12(13(11)16)17-10-5-3-2-4-6-10/h2-6,11-13,16H,7-8H2,1H3,(H,14,15)/t11-,12-,13-/m1/s1. The normalized spacial score (nSPS) is 27.8. The van der Waals surface area contributed by atoms with E-state index in [0.717, 1.165) is 18.6 Å². The van der Waals surface area contributed by atoms with E-state index in [2.05, 4.69) is 5.32 Å². The van der Waals surface area contributed by atoms with Gasteiger partial charge in [0, 0.05) is 6.92 Å². The lowest BCUT2D eigenvalue weighted by molar-refractivity contribution is -0.120. The zero-order chi connectivity index (χ0) is 12.3. The number of hydrogen-bond donors (Lipinski definition) is 2. The van der Waals surface area contributed by atoms with E-state index < -0.39 is 6.10 Å². The van der Waals surface area contributed by atoms with Gasteiger partial charge in [-0.3, -0.25) is 4.79 Å². The number of ether oxygens (including phenoxy) is 1. The molecule has 1 fully saturated rings. The van der Waals surface area contributed by atoms with E-state index in [-0.39, 0.29) is 18.1 Å². The molecule has 1 aliphatic carbocycles. The first-order valence-electron chi connectivity index (χ1n) is 5.83. The maximum atomic E-state index is 10.9. The van der Waals surface area contributed by atoms with Gasteiger partial charge < -0.3 is 15.2 Å². The molecule has 17 heavy (non-hydrogen) atoms. The van der Waals surface area contributed by atoms with Crippen molar-refractivity contribution in [1.82, 2.24) is 5.32 Å². The third-order valence-corrected chi connectivity index (χ3v) is 2.97. The molecule has 0 aromatic heterocycles. The van der Waals surface area contributed by atoms with Crippen LogP contribution in [-0.2, 0) is 4.79 Å². The number of carbonyl (C=O) groups is 1. The summed E-state index contributed by atoms with van der Waals surface area (Å²) in [5, 5.41) is 12.8. The molecular weight excluding hydrogens is 218 g/mol. The fraction of sp³-hybridized carbons (Fsp3) is 0.462. The Hall–Kier alpha value is -1.55. The Bertz CT molecular complexity index is 380. The van der Waals surface area contributed by atoms with Crippen molar-refractivity contribution in [1.29, 1.82) is 0 Å². The molecule has 1 aromatic rings. The van der Waals surface area contributed by atoms with Gasteiger partial charge in [-0.25, -0.2) is 0 Å². The predicted octanol–water partition coefficient (Wildman–Crippen LogP) is 1.09. The van der Waals surface area contributed by atoms with Crippen LogP contribution in [0.15, 0.2) is 30.3 Å². The summed E-state index contributed by atoms with van der Waals surface area (Å²) in [4.78, 5) is 10.9. The molecule has 0 spiro atoms. The second-order valence-electron chi connectivity index (χ2n) is 4.34. The minimum absolute atomic E-state index is 0.116. The van der Waals surface area contributed by atoms with Crippen molar-refractivity contribution in [2.45, 2.75) is 38.0 Å². The highest BCUT2D eigenvalue weighted by atomic mass is 16.5. The Labute approximate surface area is 101 Å². The van der Waals surface area contributed by atoms with Gasteiger partial charge in [0.2, 0.25) is 5.91 Å². The molecule has 0 saturated heterocycles. The number of hydrogen-bond acceptors (Lipinski definition) is 3. The van der Waals surface area contributed by atoms with E-state index in [0.29, 0.717) is 0 Å². The zero-order valence-corrected chi connectivity index (χ0v) is 9.80. The van der Waals surface area contributed by atoms with Gasteiger partial charge in [-0.15, -0.1) is 0 Å². The van der Waals surface area contributed by atoms with Crippen molar-refractivity contribution in [3.8, 4) is 5.75 Å². The number of benzene rings is 1. The third kappa shape index (κ3) is 2.97. The lowest BCUT2D eigenvalue weighted by Crippen LogP contribution is -2.43. The maximum absolute atomic E-state index is 10.9. The molecule has 2 rings (SSSR count). The summed E-state index contributed by atoms with van der Waals surface area (Å²) in [7, 11) is 0. The highest BCUT2D eigenvalue weighted by molar-refractivity contribution is 5.73. The van der Waals surface area contributed by atoms with E-state index >= 15 is 0 Å². The first kappa shape index (κ1) is 11.9. The topological polar surface area (TPSA) is 58.6 Å². The predicted molar refractivity (Wildman–Crippen MR) is 63.7 cm³/mol. The molecule has 1 amide bonds. The smallest absolute Gasteiger partial charge is 0.217 e. The summed E-state index contributed by atoms with van der Waals surface area (Å²) in [5.41, 5.74) is 0.